The summed E-state index contributed by atoms with van der Waals surface area (Å²) >= 11 is 5.94. The minimum atomic E-state index is -0.516. The van der Waals surface area contributed by atoms with Gasteiger partial charge in [-0.15, -0.1) is 0 Å². The molecule has 1 aromatic heterocycles. The number of benzene rings is 1. The van der Waals surface area contributed by atoms with Gasteiger partial charge in [0, 0.05) is 31.6 Å². The van der Waals surface area contributed by atoms with Crippen molar-refractivity contribution in [3.8, 4) is 0 Å². The zero-order valence-electron chi connectivity index (χ0n) is 14.8. The molecule has 1 aliphatic rings. The summed E-state index contributed by atoms with van der Waals surface area (Å²) in [6.45, 7) is 0.812. The van der Waals surface area contributed by atoms with E-state index in [4.69, 9.17) is 11.6 Å². The van der Waals surface area contributed by atoms with Crippen molar-refractivity contribution in [1.82, 2.24) is 20.2 Å². The molecule has 3 rings (SSSR count). The highest BCUT2D eigenvalue weighted by Gasteiger charge is 2.34. The summed E-state index contributed by atoms with van der Waals surface area (Å²) in [6, 6.07) is 3.65. The van der Waals surface area contributed by atoms with E-state index >= 15 is 0 Å². The van der Waals surface area contributed by atoms with Crippen molar-refractivity contribution >= 4 is 23.6 Å². The number of H-pyrrole nitrogens is 1. The van der Waals surface area contributed by atoms with Crippen LogP contribution in [0.4, 0.5) is 9.18 Å². The quantitative estimate of drug-likeness (QED) is 0.603. The Kier molecular flexibility index (Phi) is 5.95. The van der Waals surface area contributed by atoms with Crippen LogP contribution in [0.15, 0.2) is 24.5 Å². The first-order valence-electron chi connectivity index (χ1n) is 8.59. The number of ether oxygens (including phenoxy) is 1. The van der Waals surface area contributed by atoms with Crippen molar-refractivity contribution in [3.63, 3.8) is 0 Å². The number of carbonyl (C=O) groups is 2. The van der Waals surface area contributed by atoms with Gasteiger partial charge in [0.25, 0.3) is 0 Å². The van der Waals surface area contributed by atoms with Crippen LogP contribution >= 0.6 is 11.6 Å². The van der Waals surface area contributed by atoms with E-state index in [0.717, 1.165) is 5.69 Å². The molecular weight excluding hydrogens is 375 g/mol. The van der Waals surface area contributed by atoms with Gasteiger partial charge in [-0.3, -0.25) is 4.79 Å². The largest absolute Gasteiger partial charge is 0.469 e. The van der Waals surface area contributed by atoms with Gasteiger partial charge in [-0.1, -0.05) is 17.7 Å². The standard InChI is InChI=1S/C18H20ClFN4O3/c1-27-15(25)3-2-7-21-18(26)24-8-6-14-16(23-10-22-14)17(24)11-4-5-13(20)12(19)9-11/h4-5,9-10,17H,2-3,6-8H2,1H3,(H,21,26)(H,22,23)/t17-/m1/s1. The first-order chi connectivity index (χ1) is 13.0. The van der Waals surface area contributed by atoms with Crippen molar-refractivity contribution < 1.29 is 18.7 Å². The van der Waals surface area contributed by atoms with Crippen LogP contribution in [0.1, 0.15) is 35.8 Å². The fraction of sp³-hybridized carbons (Fsp3) is 0.389. The summed E-state index contributed by atoms with van der Waals surface area (Å²) in [5, 5.41) is 2.81. The second-order valence-corrected chi connectivity index (χ2v) is 6.60. The summed E-state index contributed by atoms with van der Waals surface area (Å²) in [4.78, 5) is 33.0. The van der Waals surface area contributed by atoms with Crippen molar-refractivity contribution in [2.24, 2.45) is 0 Å². The highest BCUT2D eigenvalue weighted by Crippen LogP contribution is 2.34. The highest BCUT2D eigenvalue weighted by molar-refractivity contribution is 6.30. The molecule has 9 heteroatoms. The molecule has 2 heterocycles. The lowest BCUT2D eigenvalue weighted by Crippen LogP contribution is -2.46. The maximum atomic E-state index is 13.6. The Morgan fingerprint density at radius 3 is 3.04 bits per heavy atom. The maximum absolute atomic E-state index is 13.6. The van der Waals surface area contributed by atoms with E-state index in [9.17, 15) is 14.0 Å². The molecule has 0 aliphatic carbocycles. The molecule has 1 aromatic carbocycles. The number of rotatable bonds is 5. The number of carbonyl (C=O) groups excluding carboxylic acids is 2. The van der Waals surface area contributed by atoms with Gasteiger partial charge in [0.1, 0.15) is 11.9 Å². The lowest BCUT2D eigenvalue weighted by atomic mass is 9.96. The Balaban J connectivity index is 1.77. The Hall–Kier alpha value is -2.61. The molecule has 2 N–H and O–H groups in total. The number of aromatic amines is 1. The Bertz CT molecular complexity index is 842. The average molecular weight is 395 g/mol. The van der Waals surface area contributed by atoms with Gasteiger partial charge in [0.05, 0.1) is 24.2 Å². The number of nitrogens with zero attached hydrogens (tertiary/aromatic N) is 2. The number of methoxy groups -OCH3 is 1. The number of imidazole rings is 1. The van der Waals surface area contributed by atoms with Gasteiger partial charge in [0.2, 0.25) is 0 Å². The van der Waals surface area contributed by atoms with Crippen LogP contribution in [0.2, 0.25) is 5.02 Å². The van der Waals surface area contributed by atoms with Crippen LogP contribution in [0.25, 0.3) is 0 Å². The number of amides is 2. The lowest BCUT2D eigenvalue weighted by molar-refractivity contribution is -0.140. The van der Waals surface area contributed by atoms with E-state index in [-0.39, 0.29) is 23.4 Å². The van der Waals surface area contributed by atoms with Gasteiger partial charge in [-0.05, 0) is 24.1 Å². The SMILES string of the molecule is COC(=O)CCCNC(=O)N1CCc2[nH]cnc2[C@H]1c1ccc(F)c(Cl)c1. The summed E-state index contributed by atoms with van der Waals surface area (Å²) in [5.74, 6) is -0.834. The molecule has 0 saturated carbocycles. The van der Waals surface area contributed by atoms with Crippen LogP contribution in [0.3, 0.4) is 0 Å². The van der Waals surface area contributed by atoms with E-state index in [0.29, 0.717) is 37.2 Å². The first kappa shape index (κ1) is 19.2. The molecule has 1 atom stereocenters. The lowest BCUT2D eigenvalue weighted by Gasteiger charge is -2.35. The van der Waals surface area contributed by atoms with Crippen LogP contribution in [0, 0.1) is 5.82 Å². The number of fused-ring (bicyclic) bond motifs is 1. The van der Waals surface area contributed by atoms with Crippen LogP contribution in [-0.2, 0) is 16.0 Å². The van der Waals surface area contributed by atoms with Crippen LogP contribution in [-0.4, -0.2) is 47.1 Å². The number of urea groups is 1. The Morgan fingerprint density at radius 1 is 1.48 bits per heavy atom. The van der Waals surface area contributed by atoms with Crippen molar-refractivity contribution in [2.45, 2.75) is 25.3 Å². The maximum Gasteiger partial charge on any atom is 0.318 e. The van der Waals surface area contributed by atoms with Gasteiger partial charge in [-0.2, -0.15) is 0 Å². The molecule has 0 spiro atoms. The number of aromatic nitrogens is 2. The van der Waals surface area contributed by atoms with Gasteiger partial charge >= 0.3 is 12.0 Å². The van der Waals surface area contributed by atoms with Gasteiger partial charge in [0.15, 0.2) is 0 Å². The third-order valence-electron chi connectivity index (χ3n) is 4.51. The number of hydrogen-bond donors (Lipinski definition) is 2. The van der Waals surface area contributed by atoms with E-state index in [2.05, 4.69) is 20.0 Å². The second-order valence-electron chi connectivity index (χ2n) is 6.20. The fourth-order valence-electron chi connectivity index (χ4n) is 3.15. The van der Waals surface area contributed by atoms with E-state index < -0.39 is 11.9 Å². The molecule has 1 aliphatic heterocycles. The predicted octanol–water partition coefficient (Wildman–Crippen LogP) is 2.81. The highest BCUT2D eigenvalue weighted by atomic mass is 35.5. The molecule has 144 valence electrons. The fourth-order valence-corrected chi connectivity index (χ4v) is 3.34. The average Bonchev–Trinajstić information content (AvgIpc) is 3.15. The van der Waals surface area contributed by atoms with E-state index in [1.54, 1.807) is 17.3 Å². The van der Waals surface area contributed by atoms with Crippen molar-refractivity contribution in [3.05, 3.63) is 52.3 Å². The smallest absolute Gasteiger partial charge is 0.318 e. The summed E-state index contributed by atoms with van der Waals surface area (Å²) in [5.41, 5.74) is 2.34. The zero-order chi connectivity index (χ0) is 19.4. The Labute approximate surface area is 160 Å². The molecular formula is C18H20ClFN4O3. The molecule has 0 fully saturated rings. The van der Waals surface area contributed by atoms with Crippen LogP contribution < -0.4 is 5.32 Å². The third-order valence-corrected chi connectivity index (χ3v) is 4.80. The molecule has 7 nitrogen and oxygen atoms in total. The summed E-state index contributed by atoms with van der Waals surface area (Å²) < 4.78 is 18.2. The normalized spacial score (nSPS) is 16.0. The Morgan fingerprint density at radius 2 is 2.30 bits per heavy atom. The van der Waals surface area contributed by atoms with Gasteiger partial charge in [-0.25, -0.2) is 14.2 Å². The molecule has 2 amide bonds. The minimum Gasteiger partial charge on any atom is -0.469 e. The van der Waals surface area contributed by atoms with Crippen molar-refractivity contribution in [1.29, 1.82) is 0 Å². The molecule has 0 unspecified atom stereocenters. The third kappa shape index (κ3) is 4.21. The first-order valence-corrected chi connectivity index (χ1v) is 8.97. The number of halogens is 2. The second kappa shape index (κ2) is 8.39. The van der Waals surface area contributed by atoms with E-state index in [1.165, 1.54) is 19.2 Å². The topological polar surface area (TPSA) is 87.3 Å². The molecule has 0 saturated heterocycles. The zero-order valence-corrected chi connectivity index (χ0v) is 15.6. The summed E-state index contributed by atoms with van der Waals surface area (Å²) in [7, 11) is 1.33. The van der Waals surface area contributed by atoms with Crippen molar-refractivity contribution in [2.75, 3.05) is 20.2 Å². The predicted molar refractivity (Wildman–Crippen MR) is 96.9 cm³/mol. The molecule has 0 bridgehead atoms. The number of hydrogen-bond acceptors (Lipinski definition) is 4. The van der Waals surface area contributed by atoms with Gasteiger partial charge < -0.3 is 19.9 Å². The molecule has 27 heavy (non-hydrogen) atoms. The molecule has 0 radical (unpaired) electrons. The number of nitrogens with one attached hydrogen (secondary N) is 2. The van der Waals surface area contributed by atoms with Crippen LogP contribution in [0.5, 0.6) is 0 Å². The summed E-state index contributed by atoms with van der Waals surface area (Å²) in [6.07, 6.45) is 2.93. The minimum absolute atomic E-state index is 0.00593. The monoisotopic (exact) mass is 394 g/mol. The molecule has 2 aromatic rings. The van der Waals surface area contributed by atoms with E-state index in [1.807, 2.05) is 0 Å². The number of esters is 1.